The monoisotopic (exact) mass is 141 g/mol. The predicted molar refractivity (Wildman–Crippen MR) is 40.2 cm³/mol. The van der Waals surface area contributed by atoms with Crippen molar-refractivity contribution >= 4 is 0 Å². The van der Waals surface area contributed by atoms with Gasteiger partial charge in [-0.3, -0.25) is 10.1 Å². The molecule has 0 aromatic heterocycles. The summed E-state index contributed by atoms with van der Waals surface area (Å²) in [4.78, 5) is 9.85. The van der Waals surface area contributed by atoms with E-state index >= 15 is 0 Å². The second-order valence-electron chi connectivity index (χ2n) is 1.90. The van der Waals surface area contributed by atoms with Gasteiger partial charge in [0.1, 0.15) is 0 Å². The molecule has 0 amide bonds. The van der Waals surface area contributed by atoms with Gasteiger partial charge in [0, 0.05) is 5.57 Å². The average molecular weight is 141 g/mol. The Bertz CT molecular complexity index is 192. The van der Waals surface area contributed by atoms with E-state index in [1.165, 1.54) is 6.08 Å². The van der Waals surface area contributed by atoms with Crippen LogP contribution in [0.3, 0.4) is 0 Å². The molecular weight excluding hydrogens is 130 g/mol. The molecule has 0 heterocycles. The second-order valence-corrected chi connectivity index (χ2v) is 1.90. The number of rotatable bonds is 2. The van der Waals surface area contributed by atoms with Gasteiger partial charge in [0.25, 0.3) is 5.70 Å². The fourth-order valence-electron chi connectivity index (χ4n) is 0.625. The van der Waals surface area contributed by atoms with Crippen molar-refractivity contribution in [3.63, 3.8) is 0 Å². The first-order valence-electron chi connectivity index (χ1n) is 3.07. The zero-order valence-corrected chi connectivity index (χ0v) is 6.42. The Balaban J connectivity index is 4.56. The number of nitro groups is 1. The largest absolute Gasteiger partial charge is 0.267 e. The molecule has 3 nitrogen and oxygen atoms in total. The summed E-state index contributed by atoms with van der Waals surface area (Å²) in [6.45, 7) is 5.16. The molecule has 0 rings (SSSR count). The minimum atomic E-state index is -0.380. The zero-order chi connectivity index (χ0) is 8.15. The van der Waals surface area contributed by atoms with Crippen LogP contribution in [0.15, 0.2) is 23.4 Å². The van der Waals surface area contributed by atoms with Crippen molar-refractivity contribution in [2.24, 2.45) is 0 Å². The minimum absolute atomic E-state index is 0.183. The normalized spacial score (nSPS) is 13.5. The van der Waals surface area contributed by atoms with Crippen LogP contribution in [0, 0.1) is 10.1 Å². The highest BCUT2D eigenvalue weighted by atomic mass is 16.6. The van der Waals surface area contributed by atoms with Crippen LogP contribution in [0.5, 0.6) is 0 Å². The number of nitrogens with zero attached hydrogens (tertiary/aromatic N) is 1. The molecule has 0 aromatic carbocycles. The fourth-order valence-corrected chi connectivity index (χ4v) is 0.625. The Labute approximate surface area is 60.2 Å². The Hall–Kier alpha value is -1.12. The van der Waals surface area contributed by atoms with E-state index in [0.717, 1.165) is 0 Å². The standard InChI is InChI=1S/C7H11NO2/c1-4-6(3)7(5-2)8(9)10/h4-5H,1-3H3/b6-4-,7-5+. The lowest BCUT2D eigenvalue weighted by Gasteiger charge is -1.94. The van der Waals surface area contributed by atoms with Crippen LogP contribution >= 0.6 is 0 Å². The summed E-state index contributed by atoms with van der Waals surface area (Å²) in [6, 6.07) is 0. The molecule has 0 aromatic rings. The zero-order valence-electron chi connectivity index (χ0n) is 6.42. The molecule has 0 bridgehead atoms. The van der Waals surface area contributed by atoms with E-state index in [2.05, 4.69) is 0 Å². The highest BCUT2D eigenvalue weighted by Crippen LogP contribution is 2.08. The number of allylic oxidation sites excluding steroid dienone is 3. The van der Waals surface area contributed by atoms with Gasteiger partial charge in [0.05, 0.1) is 4.92 Å². The van der Waals surface area contributed by atoms with Crippen molar-refractivity contribution in [3.8, 4) is 0 Å². The lowest BCUT2D eigenvalue weighted by Crippen LogP contribution is -1.98. The van der Waals surface area contributed by atoms with Crippen molar-refractivity contribution < 1.29 is 4.92 Å². The fraction of sp³-hybridized carbons (Fsp3) is 0.429. The molecule has 0 N–H and O–H groups in total. The van der Waals surface area contributed by atoms with Crippen LogP contribution in [-0.4, -0.2) is 4.92 Å². The third kappa shape index (κ3) is 2.01. The van der Waals surface area contributed by atoms with Gasteiger partial charge in [-0.15, -0.1) is 0 Å². The first kappa shape index (κ1) is 8.88. The highest BCUT2D eigenvalue weighted by Gasteiger charge is 2.08. The molecule has 0 saturated carbocycles. The third-order valence-electron chi connectivity index (χ3n) is 1.31. The van der Waals surface area contributed by atoms with E-state index in [1.807, 2.05) is 0 Å². The number of hydrogen-bond acceptors (Lipinski definition) is 2. The topological polar surface area (TPSA) is 43.1 Å². The Kier molecular flexibility index (Phi) is 3.39. The van der Waals surface area contributed by atoms with Crippen molar-refractivity contribution in [2.45, 2.75) is 20.8 Å². The maximum atomic E-state index is 10.2. The first-order chi connectivity index (χ1) is 4.63. The molecule has 10 heavy (non-hydrogen) atoms. The highest BCUT2D eigenvalue weighted by molar-refractivity contribution is 5.20. The summed E-state index contributed by atoms with van der Waals surface area (Å²) < 4.78 is 0. The summed E-state index contributed by atoms with van der Waals surface area (Å²) >= 11 is 0. The predicted octanol–water partition coefficient (Wildman–Crippen LogP) is 2.13. The number of hydrogen-bond donors (Lipinski definition) is 0. The molecule has 0 unspecified atom stereocenters. The van der Waals surface area contributed by atoms with Crippen LogP contribution in [0.4, 0.5) is 0 Å². The van der Waals surface area contributed by atoms with E-state index in [1.54, 1.807) is 26.8 Å². The lowest BCUT2D eigenvalue weighted by atomic mass is 10.2. The molecule has 0 radical (unpaired) electrons. The van der Waals surface area contributed by atoms with Crippen molar-refractivity contribution in [1.82, 2.24) is 0 Å². The summed E-state index contributed by atoms with van der Waals surface area (Å²) in [5, 5.41) is 10.2. The summed E-state index contributed by atoms with van der Waals surface area (Å²) in [6.07, 6.45) is 3.22. The van der Waals surface area contributed by atoms with Crippen molar-refractivity contribution in [2.75, 3.05) is 0 Å². The molecule has 56 valence electrons. The third-order valence-corrected chi connectivity index (χ3v) is 1.31. The smallest absolute Gasteiger partial charge is 0.258 e. The van der Waals surface area contributed by atoms with Gasteiger partial charge in [0.15, 0.2) is 0 Å². The summed E-state index contributed by atoms with van der Waals surface area (Å²) in [5.74, 6) is 0. The van der Waals surface area contributed by atoms with Gasteiger partial charge in [0.2, 0.25) is 0 Å². The maximum Gasteiger partial charge on any atom is 0.267 e. The van der Waals surface area contributed by atoms with Crippen molar-refractivity contribution in [1.29, 1.82) is 0 Å². The Morgan fingerprint density at radius 1 is 1.40 bits per heavy atom. The van der Waals surface area contributed by atoms with Gasteiger partial charge in [-0.05, 0) is 26.8 Å². The van der Waals surface area contributed by atoms with Gasteiger partial charge >= 0.3 is 0 Å². The Morgan fingerprint density at radius 2 is 1.90 bits per heavy atom. The second kappa shape index (κ2) is 3.82. The molecule has 0 aliphatic carbocycles. The van der Waals surface area contributed by atoms with Gasteiger partial charge in [-0.1, -0.05) is 6.08 Å². The van der Waals surface area contributed by atoms with Gasteiger partial charge < -0.3 is 0 Å². The van der Waals surface area contributed by atoms with E-state index in [9.17, 15) is 10.1 Å². The van der Waals surface area contributed by atoms with Crippen LogP contribution in [0.25, 0.3) is 0 Å². The van der Waals surface area contributed by atoms with Crippen LogP contribution in [-0.2, 0) is 0 Å². The molecular formula is C7H11NO2. The van der Waals surface area contributed by atoms with E-state index < -0.39 is 0 Å². The molecule has 0 aliphatic rings. The van der Waals surface area contributed by atoms with Crippen LogP contribution in [0.1, 0.15) is 20.8 Å². The van der Waals surface area contributed by atoms with Crippen LogP contribution in [0.2, 0.25) is 0 Å². The summed E-state index contributed by atoms with van der Waals surface area (Å²) in [7, 11) is 0. The van der Waals surface area contributed by atoms with Gasteiger partial charge in [-0.25, -0.2) is 0 Å². The van der Waals surface area contributed by atoms with Crippen molar-refractivity contribution in [3.05, 3.63) is 33.5 Å². The molecule has 0 spiro atoms. The Morgan fingerprint density at radius 3 is 2.00 bits per heavy atom. The molecule has 3 heteroatoms. The minimum Gasteiger partial charge on any atom is -0.258 e. The maximum absolute atomic E-state index is 10.2. The van der Waals surface area contributed by atoms with Gasteiger partial charge in [-0.2, -0.15) is 0 Å². The van der Waals surface area contributed by atoms with E-state index in [4.69, 9.17) is 0 Å². The molecule has 0 aliphatic heterocycles. The molecule has 0 saturated heterocycles. The summed E-state index contributed by atoms with van der Waals surface area (Å²) in [5.41, 5.74) is 0.884. The molecule has 0 fully saturated rings. The molecule has 0 atom stereocenters. The van der Waals surface area contributed by atoms with E-state index in [0.29, 0.717) is 5.57 Å². The average Bonchev–Trinajstić information content (AvgIpc) is 1.88. The van der Waals surface area contributed by atoms with E-state index in [-0.39, 0.29) is 10.6 Å². The quantitative estimate of drug-likeness (QED) is 0.336. The SMILES string of the molecule is C/C=C(C)\C(=C/C)[N+](=O)[O-]. The lowest BCUT2D eigenvalue weighted by molar-refractivity contribution is -0.420. The van der Waals surface area contributed by atoms with Crippen LogP contribution < -0.4 is 0 Å². The first-order valence-corrected chi connectivity index (χ1v) is 3.07.